The number of hydrogen-bond donors (Lipinski definition) is 3. The molecule has 0 radical (unpaired) electrons. The summed E-state index contributed by atoms with van der Waals surface area (Å²) in [4.78, 5) is 13.9. The maximum atomic E-state index is 10.7. The highest BCUT2D eigenvalue weighted by Gasteiger charge is 2.15. The van der Waals surface area contributed by atoms with E-state index in [1.165, 1.54) is 12.1 Å². The Labute approximate surface area is 92.4 Å². The van der Waals surface area contributed by atoms with E-state index in [-0.39, 0.29) is 23.9 Å². The van der Waals surface area contributed by atoms with Crippen LogP contribution in [0.5, 0.6) is 0 Å². The summed E-state index contributed by atoms with van der Waals surface area (Å²) in [5, 5.41) is 22.7. The number of rotatable bonds is 5. The summed E-state index contributed by atoms with van der Waals surface area (Å²) < 4.78 is 0. The number of nitrogens with one attached hydrogen (secondary N) is 1. The number of nitrogens with zero attached hydrogens (tertiary/aromatic N) is 2. The maximum Gasteiger partial charge on any atom is 0.311 e. The molecule has 1 unspecified atom stereocenters. The largest absolute Gasteiger partial charge is 0.391 e. The number of hydrogen-bond acceptors (Lipinski definition) is 6. The van der Waals surface area contributed by atoms with Crippen LogP contribution < -0.4 is 11.1 Å². The lowest BCUT2D eigenvalue weighted by Gasteiger charge is -2.10. The van der Waals surface area contributed by atoms with Crippen molar-refractivity contribution in [1.29, 1.82) is 0 Å². The summed E-state index contributed by atoms with van der Waals surface area (Å²) in [6.07, 6.45) is -0.00818. The maximum absolute atomic E-state index is 10.7. The number of anilines is 2. The van der Waals surface area contributed by atoms with E-state index >= 15 is 0 Å². The number of pyridine rings is 1. The van der Waals surface area contributed by atoms with Crippen molar-refractivity contribution >= 4 is 17.3 Å². The number of nitrogens with two attached hydrogens (primary N) is 1. The fraction of sp³-hybridized carbons (Fsp3) is 0.444. The van der Waals surface area contributed by atoms with Gasteiger partial charge < -0.3 is 16.2 Å². The Bertz CT molecular complexity index is 383. The van der Waals surface area contributed by atoms with Crippen molar-refractivity contribution in [2.75, 3.05) is 17.6 Å². The molecule has 0 spiro atoms. The topological polar surface area (TPSA) is 114 Å². The fourth-order valence-electron chi connectivity index (χ4n) is 1.10. The smallest absolute Gasteiger partial charge is 0.311 e. The van der Waals surface area contributed by atoms with Crippen molar-refractivity contribution in [2.45, 2.75) is 19.4 Å². The normalized spacial score (nSPS) is 12.1. The third-order valence-electron chi connectivity index (χ3n) is 2.07. The predicted octanol–water partition coefficient (Wildman–Crippen LogP) is 0.755. The molecule has 0 aromatic carbocycles. The van der Waals surface area contributed by atoms with E-state index in [0.29, 0.717) is 6.42 Å². The van der Waals surface area contributed by atoms with Crippen LogP contribution in [0, 0.1) is 10.1 Å². The van der Waals surface area contributed by atoms with Gasteiger partial charge in [-0.05, 0) is 12.5 Å². The monoisotopic (exact) mass is 226 g/mol. The fourth-order valence-corrected chi connectivity index (χ4v) is 1.10. The van der Waals surface area contributed by atoms with Gasteiger partial charge in [0.2, 0.25) is 5.82 Å². The molecular weight excluding hydrogens is 212 g/mol. The lowest BCUT2D eigenvalue weighted by Crippen LogP contribution is -2.19. The van der Waals surface area contributed by atoms with Crippen LogP contribution in [-0.2, 0) is 0 Å². The van der Waals surface area contributed by atoms with Gasteiger partial charge in [0.15, 0.2) is 0 Å². The molecule has 1 heterocycles. The van der Waals surface area contributed by atoms with Gasteiger partial charge in [-0.1, -0.05) is 6.92 Å². The van der Waals surface area contributed by atoms with Crippen LogP contribution in [0.3, 0.4) is 0 Å². The zero-order valence-electron chi connectivity index (χ0n) is 8.88. The third kappa shape index (κ3) is 3.06. The van der Waals surface area contributed by atoms with Gasteiger partial charge >= 0.3 is 5.69 Å². The highest BCUT2D eigenvalue weighted by molar-refractivity contribution is 5.59. The highest BCUT2D eigenvalue weighted by Crippen LogP contribution is 2.22. The molecule has 1 atom stereocenters. The Hall–Kier alpha value is -1.89. The molecule has 4 N–H and O–H groups in total. The number of aromatic nitrogens is 1. The number of nitro groups is 1. The average molecular weight is 226 g/mol. The number of nitrogen functional groups attached to an aromatic ring is 1. The van der Waals surface area contributed by atoms with E-state index in [0.717, 1.165) is 0 Å². The zero-order valence-corrected chi connectivity index (χ0v) is 8.88. The minimum Gasteiger partial charge on any atom is -0.391 e. The molecular formula is C9H14N4O3. The van der Waals surface area contributed by atoms with Crippen LogP contribution >= 0.6 is 0 Å². The van der Waals surface area contributed by atoms with E-state index in [1.807, 2.05) is 6.92 Å². The molecule has 7 heteroatoms. The molecule has 16 heavy (non-hydrogen) atoms. The van der Waals surface area contributed by atoms with Crippen molar-refractivity contribution in [3.05, 3.63) is 22.2 Å². The molecule has 0 aliphatic heterocycles. The third-order valence-corrected chi connectivity index (χ3v) is 2.07. The van der Waals surface area contributed by atoms with Crippen LogP contribution in [0.15, 0.2) is 12.1 Å². The molecule has 0 saturated heterocycles. The summed E-state index contributed by atoms with van der Waals surface area (Å²) in [6.45, 7) is 2.02. The van der Waals surface area contributed by atoms with Crippen LogP contribution in [0.25, 0.3) is 0 Å². The molecule has 1 aromatic heterocycles. The second-order valence-corrected chi connectivity index (χ2v) is 3.30. The summed E-state index contributed by atoms with van der Waals surface area (Å²) in [5.41, 5.74) is 5.28. The second kappa shape index (κ2) is 5.26. The molecule has 0 fully saturated rings. The minimum absolute atomic E-state index is 0.0810. The Morgan fingerprint density at radius 2 is 2.38 bits per heavy atom. The van der Waals surface area contributed by atoms with Crippen LogP contribution in [-0.4, -0.2) is 27.7 Å². The van der Waals surface area contributed by atoms with Gasteiger partial charge in [0.1, 0.15) is 5.82 Å². The van der Waals surface area contributed by atoms with Crippen molar-refractivity contribution in [2.24, 2.45) is 0 Å². The van der Waals surface area contributed by atoms with Crippen LogP contribution in [0.4, 0.5) is 17.3 Å². The van der Waals surface area contributed by atoms with E-state index < -0.39 is 11.0 Å². The predicted molar refractivity (Wildman–Crippen MR) is 60.1 cm³/mol. The quantitative estimate of drug-likeness (QED) is 0.504. The van der Waals surface area contributed by atoms with E-state index in [1.54, 1.807) is 0 Å². The first kappa shape index (κ1) is 12.2. The highest BCUT2D eigenvalue weighted by atomic mass is 16.6. The molecule has 7 nitrogen and oxygen atoms in total. The number of aliphatic hydroxyl groups excluding tert-OH is 1. The Morgan fingerprint density at radius 1 is 1.69 bits per heavy atom. The lowest BCUT2D eigenvalue weighted by atomic mass is 10.3. The summed E-state index contributed by atoms with van der Waals surface area (Å²) >= 11 is 0. The SMILES string of the molecule is CCC(O)CNc1nc(N)ccc1[N+](=O)[O-]. The molecule has 0 aliphatic carbocycles. The first-order chi connectivity index (χ1) is 7.54. The summed E-state index contributed by atoms with van der Waals surface area (Å²) in [6, 6.07) is 2.64. The molecule has 0 aliphatic rings. The Morgan fingerprint density at radius 3 is 2.94 bits per heavy atom. The first-order valence-electron chi connectivity index (χ1n) is 4.87. The molecule has 0 saturated carbocycles. The van der Waals surface area contributed by atoms with Crippen molar-refractivity contribution in [3.8, 4) is 0 Å². The van der Waals surface area contributed by atoms with Gasteiger partial charge in [0.05, 0.1) is 11.0 Å². The summed E-state index contributed by atoms with van der Waals surface area (Å²) in [7, 11) is 0. The van der Waals surface area contributed by atoms with E-state index in [4.69, 9.17) is 5.73 Å². The molecule has 88 valence electrons. The lowest BCUT2D eigenvalue weighted by molar-refractivity contribution is -0.384. The molecule has 1 aromatic rings. The van der Waals surface area contributed by atoms with E-state index in [2.05, 4.69) is 10.3 Å². The van der Waals surface area contributed by atoms with Crippen molar-refractivity contribution in [3.63, 3.8) is 0 Å². The van der Waals surface area contributed by atoms with Crippen LogP contribution in [0.2, 0.25) is 0 Å². The van der Waals surface area contributed by atoms with Crippen LogP contribution in [0.1, 0.15) is 13.3 Å². The Kier molecular flexibility index (Phi) is 4.01. The first-order valence-corrected chi connectivity index (χ1v) is 4.87. The van der Waals surface area contributed by atoms with Crippen molar-refractivity contribution in [1.82, 2.24) is 4.98 Å². The average Bonchev–Trinajstić information content (AvgIpc) is 2.25. The van der Waals surface area contributed by atoms with Crippen molar-refractivity contribution < 1.29 is 10.0 Å². The van der Waals surface area contributed by atoms with E-state index in [9.17, 15) is 15.2 Å². The van der Waals surface area contributed by atoms with Gasteiger partial charge in [0, 0.05) is 12.6 Å². The molecule has 1 rings (SSSR count). The van der Waals surface area contributed by atoms with Gasteiger partial charge in [-0.3, -0.25) is 10.1 Å². The van der Waals surface area contributed by atoms with Gasteiger partial charge in [-0.2, -0.15) is 0 Å². The summed E-state index contributed by atoms with van der Waals surface area (Å²) in [5.74, 6) is 0.275. The van der Waals surface area contributed by atoms with Gasteiger partial charge in [0.25, 0.3) is 0 Å². The Balaban J connectivity index is 2.84. The second-order valence-electron chi connectivity index (χ2n) is 3.30. The molecule has 0 amide bonds. The minimum atomic E-state index is -0.567. The standard InChI is InChI=1S/C9H14N4O3/c1-2-6(14)5-11-9-7(13(15)16)3-4-8(10)12-9/h3-4,6,14H,2,5H2,1H3,(H3,10,11,12). The van der Waals surface area contributed by atoms with Gasteiger partial charge in [-0.15, -0.1) is 0 Å². The number of aliphatic hydroxyl groups is 1. The van der Waals surface area contributed by atoms with Gasteiger partial charge in [-0.25, -0.2) is 4.98 Å². The molecule has 0 bridgehead atoms. The zero-order chi connectivity index (χ0) is 12.1.